The quantitative estimate of drug-likeness (QED) is 0.388. The van der Waals surface area contributed by atoms with Gasteiger partial charge in [0.05, 0.1) is 53.0 Å². The van der Waals surface area contributed by atoms with Gasteiger partial charge in [-0.15, -0.1) is 0 Å². The summed E-state index contributed by atoms with van der Waals surface area (Å²) < 4.78 is 26.5. The molecule has 0 spiro atoms. The van der Waals surface area contributed by atoms with Crippen molar-refractivity contribution in [2.75, 3.05) is 35.5 Å². The van der Waals surface area contributed by atoms with Crippen LogP contribution >= 0.6 is 0 Å². The minimum atomic E-state index is -0.466. The Morgan fingerprint density at radius 2 is 1.53 bits per heavy atom. The number of aromatic nitrogens is 2. The van der Waals surface area contributed by atoms with E-state index in [1.54, 1.807) is 51.7 Å². The molecule has 0 aliphatic carbocycles. The van der Waals surface area contributed by atoms with Crippen molar-refractivity contribution in [2.24, 2.45) is 5.10 Å². The summed E-state index contributed by atoms with van der Waals surface area (Å²) >= 11 is 0. The van der Waals surface area contributed by atoms with Gasteiger partial charge >= 0.3 is 0 Å². The zero-order valence-corrected chi connectivity index (χ0v) is 18.4. The molecule has 0 aliphatic rings. The number of nitrogens with zero attached hydrogens (tertiary/aromatic N) is 2. The van der Waals surface area contributed by atoms with Gasteiger partial charge in [0, 0.05) is 17.7 Å². The van der Waals surface area contributed by atoms with Crippen LogP contribution in [0.1, 0.15) is 16.1 Å². The molecule has 0 saturated carbocycles. The second-order valence-electron chi connectivity index (χ2n) is 6.38. The van der Waals surface area contributed by atoms with Gasteiger partial charge in [-0.05, 0) is 24.3 Å². The highest BCUT2D eigenvalue weighted by Gasteiger charge is 2.14. The number of ether oxygens (including phenoxy) is 5. The molecular weight excluding hydrogens is 416 g/mol. The molecule has 10 nitrogen and oxygen atoms in total. The summed E-state index contributed by atoms with van der Waals surface area (Å²) in [6.07, 6.45) is 1.43. The summed E-state index contributed by atoms with van der Waals surface area (Å²) in [5.74, 6) is 2.23. The van der Waals surface area contributed by atoms with Crippen LogP contribution in [-0.2, 0) is 0 Å². The Morgan fingerprint density at radius 3 is 2.12 bits per heavy atom. The van der Waals surface area contributed by atoms with Gasteiger partial charge in [0.25, 0.3) is 5.91 Å². The third-order valence-electron chi connectivity index (χ3n) is 4.61. The first-order chi connectivity index (χ1) is 15.5. The number of benzene rings is 2. The summed E-state index contributed by atoms with van der Waals surface area (Å²) in [4.78, 5) is 12.5. The van der Waals surface area contributed by atoms with Gasteiger partial charge in [-0.25, -0.2) is 5.43 Å². The van der Waals surface area contributed by atoms with Gasteiger partial charge in [0.2, 0.25) is 0 Å². The number of rotatable bonds is 9. The van der Waals surface area contributed by atoms with Crippen LogP contribution in [0.5, 0.6) is 28.7 Å². The Morgan fingerprint density at radius 1 is 0.875 bits per heavy atom. The number of hydrogen-bond donors (Lipinski definition) is 2. The van der Waals surface area contributed by atoms with E-state index >= 15 is 0 Å². The number of hydrazone groups is 1. The molecule has 0 saturated heterocycles. The topological polar surface area (TPSA) is 116 Å². The summed E-state index contributed by atoms with van der Waals surface area (Å²) in [7, 11) is 7.69. The lowest BCUT2D eigenvalue weighted by molar-refractivity contribution is 0.0950. The smallest absolute Gasteiger partial charge is 0.289 e. The first kappa shape index (κ1) is 22.5. The van der Waals surface area contributed by atoms with E-state index < -0.39 is 5.91 Å². The van der Waals surface area contributed by atoms with Crippen LogP contribution < -0.4 is 29.1 Å². The van der Waals surface area contributed by atoms with E-state index in [0.717, 1.165) is 5.56 Å². The predicted octanol–water partition coefficient (Wildman–Crippen LogP) is 2.88. The van der Waals surface area contributed by atoms with E-state index in [1.165, 1.54) is 20.4 Å². The minimum Gasteiger partial charge on any atom is -0.496 e. The molecule has 0 aliphatic heterocycles. The van der Waals surface area contributed by atoms with Gasteiger partial charge < -0.3 is 23.7 Å². The first-order valence-corrected chi connectivity index (χ1v) is 9.45. The van der Waals surface area contributed by atoms with Crippen molar-refractivity contribution in [2.45, 2.75) is 0 Å². The molecule has 0 atom stereocenters. The van der Waals surface area contributed by atoms with E-state index in [4.69, 9.17) is 23.7 Å². The molecular formula is C22H24N4O6. The maximum Gasteiger partial charge on any atom is 0.289 e. The van der Waals surface area contributed by atoms with E-state index in [9.17, 15) is 4.79 Å². The molecule has 2 aromatic carbocycles. The largest absolute Gasteiger partial charge is 0.496 e. The zero-order valence-electron chi connectivity index (χ0n) is 18.4. The second kappa shape index (κ2) is 10.2. The van der Waals surface area contributed by atoms with Crippen LogP contribution in [-0.4, -0.2) is 57.9 Å². The number of aromatic amines is 1. The third-order valence-corrected chi connectivity index (χ3v) is 4.61. The molecule has 3 aromatic rings. The van der Waals surface area contributed by atoms with Crippen molar-refractivity contribution in [1.29, 1.82) is 0 Å². The van der Waals surface area contributed by atoms with Crippen LogP contribution in [0, 0.1) is 0 Å². The van der Waals surface area contributed by atoms with Crippen LogP contribution in [0.4, 0.5) is 0 Å². The average molecular weight is 440 g/mol. The summed E-state index contributed by atoms with van der Waals surface area (Å²) in [5.41, 5.74) is 4.57. The van der Waals surface area contributed by atoms with E-state index in [2.05, 4.69) is 20.7 Å². The highest BCUT2D eigenvalue weighted by molar-refractivity contribution is 5.95. The zero-order chi connectivity index (χ0) is 23.1. The Labute approximate surface area is 185 Å². The van der Waals surface area contributed by atoms with Crippen molar-refractivity contribution in [3.8, 4) is 40.0 Å². The second-order valence-corrected chi connectivity index (χ2v) is 6.38. The standard InChI is InChI=1S/C22H24N4O6/c1-28-14-9-19(30-3)15(20(10-14)31-4)12-23-26-22(27)17-11-16(24-25-17)13-6-7-18(29-2)21(8-13)32-5/h6-12H,1-5H3,(H,24,25)(H,26,27). The van der Waals surface area contributed by atoms with Crippen LogP contribution in [0.25, 0.3) is 11.3 Å². The summed E-state index contributed by atoms with van der Waals surface area (Å²) in [5, 5.41) is 10.9. The van der Waals surface area contributed by atoms with E-state index in [-0.39, 0.29) is 5.69 Å². The number of carbonyl (C=O) groups is 1. The van der Waals surface area contributed by atoms with E-state index in [1.807, 2.05) is 6.07 Å². The number of amides is 1. The first-order valence-electron chi connectivity index (χ1n) is 9.45. The maximum atomic E-state index is 12.5. The Hall–Kier alpha value is -4.21. The lowest BCUT2D eigenvalue weighted by Gasteiger charge is -2.12. The van der Waals surface area contributed by atoms with Crippen LogP contribution in [0.2, 0.25) is 0 Å². The highest BCUT2D eigenvalue weighted by atomic mass is 16.5. The Kier molecular flexibility index (Phi) is 7.17. The van der Waals surface area contributed by atoms with Crippen molar-refractivity contribution in [1.82, 2.24) is 15.6 Å². The molecule has 10 heteroatoms. The fourth-order valence-corrected chi connectivity index (χ4v) is 2.96. The van der Waals surface area contributed by atoms with Gasteiger partial charge in [-0.3, -0.25) is 9.89 Å². The number of nitrogens with one attached hydrogen (secondary N) is 2. The Balaban J connectivity index is 1.76. The molecule has 0 bridgehead atoms. The van der Waals surface area contributed by atoms with Gasteiger partial charge in [-0.1, -0.05) is 0 Å². The third kappa shape index (κ3) is 4.75. The van der Waals surface area contributed by atoms with Crippen molar-refractivity contribution >= 4 is 12.1 Å². The lowest BCUT2D eigenvalue weighted by Crippen LogP contribution is -2.18. The number of H-pyrrole nitrogens is 1. The summed E-state index contributed by atoms with van der Waals surface area (Å²) in [6, 6.07) is 10.4. The van der Waals surface area contributed by atoms with Crippen molar-refractivity contribution < 1.29 is 28.5 Å². The molecule has 1 amide bonds. The SMILES string of the molecule is COc1cc(OC)c(C=NNC(=O)c2cc(-c3ccc(OC)c(OC)c3)n[nH]2)c(OC)c1. The maximum absolute atomic E-state index is 12.5. The lowest BCUT2D eigenvalue weighted by atomic mass is 10.1. The van der Waals surface area contributed by atoms with Gasteiger partial charge in [0.1, 0.15) is 22.9 Å². The summed E-state index contributed by atoms with van der Waals surface area (Å²) in [6.45, 7) is 0. The fraction of sp³-hybridized carbons (Fsp3) is 0.227. The Bertz CT molecular complexity index is 1100. The van der Waals surface area contributed by atoms with Crippen molar-refractivity contribution in [3.63, 3.8) is 0 Å². The van der Waals surface area contributed by atoms with Gasteiger partial charge in [0.15, 0.2) is 11.5 Å². The number of carbonyl (C=O) groups excluding carboxylic acids is 1. The van der Waals surface area contributed by atoms with Crippen LogP contribution in [0.15, 0.2) is 41.5 Å². The number of methoxy groups -OCH3 is 5. The molecule has 0 fully saturated rings. The normalized spacial score (nSPS) is 10.7. The molecule has 32 heavy (non-hydrogen) atoms. The molecule has 0 unspecified atom stereocenters. The van der Waals surface area contributed by atoms with Crippen LogP contribution in [0.3, 0.4) is 0 Å². The fourth-order valence-electron chi connectivity index (χ4n) is 2.96. The van der Waals surface area contributed by atoms with Crippen molar-refractivity contribution in [3.05, 3.63) is 47.7 Å². The monoisotopic (exact) mass is 440 g/mol. The number of hydrogen-bond acceptors (Lipinski definition) is 8. The van der Waals surface area contributed by atoms with E-state index in [0.29, 0.717) is 40.0 Å². The molecule has 1 aromatic heterocycles. The molecule has 2 N–H and O–H groups in total. The van der Waals surface area contributed by atoms with Gasteiger partial charge in [-0.2, -0.15) is 10.2 Å². The minimum absolute atomic E-state index is 0.237. The molecule has 1 heterocycles. The molecule has 3 rings (SSSR count). The highest BCUT2D eigenvalue weighted by Crippen LogP contribution is 2.33. The average Bonchev–Trinajstić information content (AvgIpc) is 3.33. The molecule has 0 radical (unpaired) electrons. The predicted molar refractivity (Wildman–Crippen MR) is 118 cm³/mol. The molecule has 168 valence electrons.